The van der Waals surface area contributed by atoms with Crippen molar-refractivity contribution in [1.82, 2.24) is 15.3 Å². The summed E-state index contributed by atoms with van der Waals surface area (Å²) in [6.45, 7) is 3.15. The van der Waals surface area contributed by atoms with E-state index in [1.807, 2.05) is 0 Å². The summed E-state index contributed by atoms with van der Waals surface area (Å²) in [5.74, 6) is -0.333. The molecule has 7 nitrogen and oxygen atoms in total. The highest BCUT2D eigenvalue weighted by molar-refractivity contribution is 6.31. The Morgan fingerprint density at radius 3 is 2.43 bits per heavy atom. The van der Waals surface area contributed by atoms with E-state index in [9.17, 15) is 14.7 Å². The highest BCUT2D eigenvalue weighted by Crippen LogP contribution is 2.22. The first kappa shape index (κ1) is 21.8. The molecule has 2 amide bonds. The number of imidazole rings is 1. The summed E-state index contributed by atoms with van der Waals surface area (Å²) >= 11 is 12.0. The Morgan fingerprint density at radius 2 is 1.77 bits per heavy atom. The predicted octanol–water partition coefficient (Wildman–Crippen LogP) is 4.14. The summed E-state index contributed by atoms with van der Waals surface area (Å²) in [6.07, 6.45) is 1.42. The number of H-pyrrole nitrogens is 1. The largest absolute Gasteiger partial charge is 0.394 e. The Balaban J connectivity index is 1.76. The van der Waals surface area contributed by atoms with Crippen LogP contribution in [-0.4, -0.2) is 39.0 Å². The molecule has 0 unspecified atom stereocenters. The number of hydrogen-bond donors (Lipinski definition) is 4. The normalized spacial score (nSPS) is 11.2. The molecule has 1 aromatic heterocycles. The zero-order valence-corrected chi connectivity index (χ0v) is 17.8. The molecule has 0 radical (unpaired) electrons. The van der Waals surface area contributed by atoms with Crippen LogP contribution < -0.4 is 10.6 Å². The minimum Gasteiger partial charge on any atom is -0.394 e. The number of aliphatic hydroxyl groups is 1. The zero-order chi connectivity index (χ0) is 21.9. The summed E-state index contributed by atoms with van der Waals surface area (Å²) < 4.78 is 0. The number of nitrogens with one attached hydrogen (secondary N) is 3. The summed E-state index contributed by atoms with van der Waals surface area (Å²) in [5.41, 5.74) is 0.837. The number of aliphatic hydroxyl groups excluding tert-OH is 1. The number of nitrogens with zero attached hydrogens (tertiary/aromatic N) is 1. The molecular formula is C21H20Cl2N4O3. The smallest absolute Gasteiger partial charge is 0.273 e. The van der Waals surface area contributed by atoms with Crippen molar-refractivity contribution in [2.45, 2.75) is 19.4 Å². The monoisotopic (exact) mass is 446 g/mol. The molecule has 0 saturated heterocycles. The molecule has 3 rings (SSSR count). The number of amides is 2. The fourth-order valence-corrected chi connectivity index (χ4v) is 2.96. The van der Waals surface area contributed by atoms with E-state index < -0.39 is 17.4 Å². The van der Waals surface area contributed by atoms with Gasteiger partial charge in [0.2, 0.25) is 0 Å². The topological polar surface area (TPSA) is 107 Å². The van der Waals surface area contributed by atoms with Crippen molar-refractivity contribution in [3.63, 3.8) is 0 Å². The SMILES string of the molecule is CC(C)(CO)NC(=O)c1cc(Cl)cc(NC(=O)c2cnc(-c3ccc(Cl)cc3)[nH]2)c1. The molecule has 0 atom stereocenters. The van der Waals surface area contributed by atoms with Gasteiger partial charge in [0.25, 0.3) is 11.8 Å². The van der Waals surface area contributed by atoms with Crippen LogP contribution >= 0.6 is 23.2 Å². The lowest BCUT2D eigenvalue weighted by Crippen LogP contribution is -2.46. The lowest BCUT2D eigenvalue weighted by atomic mass is 10.1. The molecule has 0 spiro atoms. The second-order valence-corrected chi connectivity index (χ2v) is 8.20. The van der Waals surface area contributed by atoms with E-state index in [2.05, 4.69) is 20.6 Å². The number of halogens is 2. The minimum absolute atomic E-state index is 0.224. The van der Waals surface area contributed by atoms with Crippen molar-refractivity contribution < 1.29 is 14.7 Å². The molecule has 0 bridgehead atoms. The average Bonchev–Trinajstić information content (AvgIpc) is 3.18. The molecule has 30 heavy (non-hydrogen) atoms. The van der Waals surface area contributed by atoms with Gasteiger partial charge in [0.15, 0.2) is 0 Å². The number of anilines is 1. The van der Waals surface area contributed by atoms with Gasteiger partial charge in [-0.3, -0.25) is 9.59 Å². The van der Waals surface area contributed by atoms with Crippen LogP contribution in [0.2, 0.25) is 10.0 Å². The van der Waals surface area contributed by atoms with Crippen LogP contribution in [-0.2, 0) is 0 Å². The van der Waals surface area contributed by atoms with Gasteiger partial charge in [0.05, 0.1) is 18.3 Å². The van der Waals surface area contributed by atoms with E-state index >= 15 is 0 Å². The first-order chi connectivity index (χ1) is 14.2. The third-order valence-corrected chi connectivity index (χ3v) is 4.67. The van der Waals surface area contributed by atoms with E-state index in [-0.39, 0.29) is 22.9 Å². The van der Waals surface area contributed by atoms with Gasteiger partial charge < -0.3 is 20.7 Å². The number of aromatic nitrogens is 2. The Bertz CT molecular complexity index is 1080. The lowest BCUT2D eigenvalue weighted by Gasteiger charge is -2.23. The van der Waals surface area contributed by atoms with E-state index in [0.717, 1.165) is 5.56 Å². The fourth-order valence-electron chi connectivity index (χ4n) is 2.60. The number of hydrogen-bond acceptors (Lipinski definition) is 4. The van der Waals surface area contributed by atoms with E-state index in [1.165, 1.54) is 24.4 Å². The molecule has 4 N–H and O–H groups in total. The van der Waals surface area contributed by atoms with Crippen LogP contribution in [0.3, 0.4) is 0 Å². The van der Waals surface area contributed by atoms with Crippen molar-refractivity contribution in [2.24, 2.45) is 0 Å². The fraction of sp³-hybridized carbons (Fsp3) is 0.190. The minimum atomic E-state index is -0.795. The molecule has 9 heteroatoms. The van der Waals surface area contributed by atoms with Crippen molar-refractivity contribution in [1.29, 1.82) is 0 Å². The number of carbonyl (C=O) groups excluding carboxylic acids is 2. The first-order valence-corrected chi connectivity index (χ1v) is 9.79. The van der Waals surface area contributed by atoms with E-state index in [4.69, 9.17) is 23.2 Å². The molecule has 2 aromatic carbocycles. The van der Waals surface area contributed by atoms with Crippen LogP contribution in [0.25, 0.3) is 11.4 Å². The van der Waals surface area contributed by atoms with Crippen molar-refractivity contribution in [2.75, 3.05) is 11.9 Å². The maximum atomic E-state index is 12.6. The lowest BCUT2D eigenvalue weighted by molar-refractivity contribution is 0.0868. The standard InChI is InChI=1S/C21H20Cl2N4O3/c1-21(2,11-28)27-19(29)13-7-15(23)9-16(8-13)25-20(30)17-10-24-18(26-17)12-3-5-14(22)6-4-12/h3-10,28H,11H2,1-2H3,(H,24,26)(H,25,30)(H,27,29). The van der Waals surface area contributed by atoms with E-state index in [1.54, 1.807) is 38.1 Å². The van der Waals surface area contributed by atoms with Crippen molar-refractivity contribution in [3.05, 3.63) is 70.0 Å². The molecule has 0 aliphatic rings. The van der Waals surface area contributed by atoms with Crippen LogP contribution in [0.5, 0.6) is 0 Å². The summed E-state index contributed by atoms with van der Waals surface area (Å²) in [4.78, 5) is 32.2. The third-order valence-electron chi connectivity index (χ3n) is 4.20. The van der Waals surface area contributed by atoms with E-state index in [0.29, 0.717) is 16.5 Å². The Hall–Kier alpha value is -2.87. The predicted molar refractivity (Wildman–Crippen MR) is 117 cm³/mol. The molecule has 0 fully saturated rings. The van der Waals surface area contributed by atoms with Gasteiger partial charge in [-0.05, 0) is 56.3 Å². The molecule has 1 heterocycles. The van der Waals surface area contributed by atoms with Crippen LogP contribution in [0, 0.1) is 0 Å². The van der Waals surface area contributed by atoms with Gasteiger partial charge in [-0.15, -0.1) is 0 Å². The Labute approximate surface area is 183 Å². The summed E-state index contributed by atoms with van der Waals surface area (Å²) in [5, 5.41) is 15.6. The second kappa shape index (κ2) is 8.87. The third kappa shape index (κ3) is 5.38. The summed E-state index contributed by atoms with van der Waals surface area (Å²) in [6, 6.07) is 11.6. The zero-order valence-electron chi connectivity index (χ0n) is 16.3. The molecule has 0 aliphatic carbocycles. The van der Waals surface area contributed by atoms with Crippen molar-refractivity contribution >= 4 is 40.7 Å². The van der Waals surface area contributed by atoms with Gasteiger partial charge in [-0.2, -0.15) is 0 Å². The number of aromatic amines is 1. The first-order valence-electron chi connectivity index (χ1n) is 9.03. The van der Waals surface area contributed by atoms with Crippen LogP contribution in [0.4, 0.5) is 5.69 Å². The number of carbonyl (C=O) groups is 2. The van der Waals surface area contributed by atoms with Gasteiger partial charge >= 0.3 is 0 Å². The quantitative estimate of drug-likeness (QED) is 0.456. The second-order valence-electron chi connectivity index (χ2n) is 7.33. The Morgan fingerprint density at radius 1 is 1.07 bits per heavy atom. The number of benzene rings is 2. The number of rotatable bonds is 6. The van der Waals surface area contributed by atoms with Gasteiger partial charge in [-0.1, -0.05) is 23.2 Å². The molecule has 0 aliphatic heterocycles. The van der Waals surface area contributed by atoms with Gasteiger partial charge in [0, 0.05) is 26.9 Å². The highest BCUT2D eigenvalue weighted by atomic mass is 35.5. The average molecular weight is 447 g/mol. The van der Waals surface area contributed by atoms with Crippen LogP contribution in [0.1, 0.15) is 34.7 Å². The van der Waals surface area contributed by atoms with Crippen LogP contribution in [0.15, 0.2) is 48.7 Å². The highest BCUT2D eigenvalue weighted by Gasteiger charge is 2.21. The maximum Gasteiger partial charge on any atom is 0.273 e. The van der Waals surface area contributed by atoms with Crippen molar-refractivity contribution in [3.8, 4) is 11.4 Å². The summed E-state index contributed by atoms with van der Waals surface area (Å²) in [7, 11) is 0. The molecule has 3 aromatic rings. The van der Waals surface area contributed by atoms with Gasteiger partial charge in [0.1, 0.15) is 11.5 Å². The maximum absolute atomic E-state index is 12.6. The molecule has 0 saturated carbocycles. The van der Waals surface area contributed by atoms with Gasteiger partial charge in [-0.25, -0.2) is 4.98 Å². The Kier molecular flexibility index (Phi) is 6.45. The molecular weight excluding hydrogens is 427 g/mol. The molecule has 156 valence electrons.